The summed E-state index contributed by atoms with van der Waals surface area (Å²) in [6, 6.07) is 9.51. The van der Waals surface area contributed by atoms with Crippen molar-refractivity contribution >= 4 is 11.4 Å². The molecule has 0 saturated carbocycles. The summed E-state index contributed by atoms with van der Waals surface area (Å²) in [6.45, 7) is 1.90. The van der Waals surface area contributed by atoms with Crippen LogP contribution in [0.15, 0.2) is 85.4 Å². The molecule has 2 unspecified atom stereocenters. The molecule has 0 spiro atoms. The van der Waals surface area contributed by atoms with E-state index >= 15 is 0 Å². The smallest absolute Gasteiger partial charge is 0.177 e. The normalized spacial score (nSPS) is 20.8. The fourth-order valence-corrected chi connectivity index (χ4v) is 2.36. The number of aliphatic hydroxyl groups is 2. The van der Waals surface area contributed by atoms with E-state index in [1.165, 1.54) is 6.08 Å². The van der Waals surface area contributed by atoms with E-state index in [9.17, 15) is 4.79 Å². The number of carbonyl (C=O) groups is 1. The molecule has 0 aromatic heterocycles. The lowest BCUT2D eigenvalue weighted by Gasteiger charge is -2.26. The summed E-state index contributed by atoms with van der Waals surface area (Å²) in [6.07, 6.45) is 14.5. The maximum atomic E-state index is 12.8. The maximum Gasteiger partial charge on any atom is 0.177 e. The lowest BCUT2D eigenvalue weighted by molar-refractivity contribution is -0.119. The monoisotopic (exact) mass is 340 g/mol. The van der Waals surface area contributed by atoms with Gasteiger partial charge in [0.15, 0.2) is 5.78 Å². The first-order valence-electron chi connectivity index (χ1n) is 7.95. The molecule has 1 aliphatic heterocycles. The van der Waals surface area contributed by atoms with Crippen molar-refractivity contribution in [3.63, 3.8) is 0 Å². The number of hydrogen-bond donors (Lipinski definition) is 2. The molecule has 0 radical (unpaired) electrons. The van der Waals surface area contributed by atoms with Gasteiger partial charge in [0.05, 0.1) is 24.0 Å². The molecule has 0 bridgehead atoms. The van der Waals surface area contributed by atoms with E-state index in [2.05, 4.69) is 0 Å². The van der Waals surface area contributed by atoms with E-state index in [1.54, 1.807) is 24.5 Å². The van der Waals surface area contributed by atoms with Crippen LogP contribution in [0.1, 0.15) is 12.5 Å². The van der Waals surface area contributed by atoms with E-state index in [0.717, 1.165) is 18.9 Å². The average molecular weight is 340 g/mol. The van der Waals surface area contributed by atoms with Gasteiger partial charge in [-0.25, -0.2) is 0 Å². The van der Waals surface area contributed by atoms with Gasteiger partial charge in [-0.15, -0.1) is 0 Å². The van der Waals surface area contributed by atoms with E-state index in [0.29, 0.717) is 5.57 Å². The summed E-state index contributed by atoms with van der Waals surface area (Å²) in [4.78, 5) is 12.8. The van der Waals surface area contributed by atoms with Crippen LogP contribution < -0.4 is 0 Å². The Balaban J connectivity index is 0.00000151. The number of hydrogen-bond acceptors (Lipinski definition) is 4. The maximum absolute atomic E-state index is 12.8. The Morgan fingerprint density at radius 2 is 1.68 bits per heavy atom. The summed E-state index contributed by atoms with van der Waals surface area (Å²) in [5, 5.41) is 15.6. The predicted molar refractivity (Wildman–Crippen MR) is 101 cm³/mol. The quantitative estimate of drug-likeness (QED) is 0.483. The van der Waals surface area contributed by atoms with Crippen LogP contribution in [0.25, 0.3) is 5.57 Å². The van der Waals surface area contributed by atoms with Crippen molar-refractivity contribution in [2.75, 3.05) is 7.11 Å². The largest absolute Gasteiger partial charge is 0.516 e. The predicted octanol–water partition coefficient (Wildman–Crippen LogP) is 3.98. The second-order valence-electron chi connectivity index (χ2n) is 5.03. The third kappa shape index (κ3) is 5.94. The van der Waals surface area contributed by atoms with Crippen molar-refractivity contribution in [2.24, 2.45) is 5.92 Å². The zero-order valence-corrected chi connectivity index (χ0v) is 14.4. The zero-order chi connectivity index (χ0) is 18.5. The molecule has 1 aromatic rings. The minimum Gasteiger partial charge on any atom is -0.516 e. The van der Waals surface area contributed by atoms with Gasteiger partial charge in [0.1, 0.15) is 6.10 Å². The highest BCUT2D eigenvalue weighted by Gasteiger charge is 2.32. The van der Waals surface area contributed by atoms with Crippen LogP contribution >= 0.6 is 0 Å². The lowest BCUT2D eigenvalue weighted by atomic mass is 9.87. The summed E-state index contributed by atoms with van der Waals surface area (Å²) in [5.74, 6) is -0.345. The number of aliphatic hydroxyl groups excluding tert-OH is 2. The molecule has 0 amide bonds. The van der Waals surface area contributed by atoms with Gasteiger partial charge < -0.3 is 14.9 Å². The molecule has 0 saturated heterocycles. The van der Waals surface area contributed by atoms with Gasteiger partial charge in [-0.3, -0.25) is 4.79 Å². The number of ketones is 1. The van der Waals surface area contributed by atoms with Crippen LogP contribution in [0.5, 0.6) is 0 Å². The standard InChI is InChI=1S/C20H20O3.CH4O/c1-2-10-19-17(13-8-3-4-9-14-21)20(22)18(15-23-19)16-11-6-5-7-12-16;1-2/h2-15,17,19,21H,1H3;2H,1H3/b4-3-,10-2-,13-8+,14-9+;. The Morgan fingerprint density at radius 3 is 2.32 bits per heavy atom. The van der Waals surface area contributed by atoms with Gasteiger partial charge in [0, 0.05) is 7.11 Å². The van der Waals surface area contributed by atoms with Gasteiger partial charge in [-0.1, -0.05) is 60.7 Å². The minimum absolute atomic E-state index is 0.0351. The van der Waals surface area contributed by atoms with Crippen molar-refractivity contribution in [3.8, 4) is 0 Å². The Hall–Kier alpha value is -2.85. The second-order valence-corrected chi connectivity index (χ2v) is 5.03. The minimum atomic E-state index is -0.380. The number of carbonyl (C=O) groups excluding carboxylic acids is 1. The van der Waals surface area contributed by atoms with Crippen LogP contribution in [-0.2, 0) is 9.53 Å². The number of rotatable bonds is 5. The van der Waals surface area contributed by atoms with Gasteiger partial charge in [-0.2, -0.15) is 0 Å². The molecular weight excluding hydrogens is 316 g/mol. The van der Waals surface area contributed by atoms with Crippen molar-refractivity contribution in [2.45, 2.75) is 13.0 Å². The number of benzene rings is 1. The lowest BCUT2D eigenvalue weighted by Crippen LogP contribution is -2.31. The number of allylic oxidation sites excluding steroid dienone is 6. The molecule has 0 aliphatic carbocycles. The third-order valence-electron chi connectivity index (χ3n) is 3.47. The van der Waals surface area contributed by atoms with Crippen LogP contribution in [-0.4, -0.2) is 29.2 Å². The highest BCUT2D eigenvalue weighted by Crippen LogP contribution is 2.29. The molecule has 1 aliphatic rings. The van der Waals surface area contributed by atoms with Crippen molar-refractivity contribution < 1.29 is 19.7 Å². The molecule has 2 rings (SSSR count). The van der Waals surface area contributed by atoms with E-state index in [4.69, 9.17) is 14.9 Å². The summed E-state index contributed by atoms with van der Waals surface area (Å²) in [7, 11) is 1.00. The van der Waals surface area contributed by atoms with Crippen LogP contribution in [0, 0.1) is 5.92 Å². The molecular formula is C21H24O4. The first kappa shape index (κ1) is 20.2. The first-order chi connectivity index (χ1) is 12.3. The molecule has 0 fully saturated rings. The van der Waals surface area contributed by atoms with Gasteiger partial charge in [0.2, 0.25) is 0 Å². The van der Waals surface area contributed by atoms with Gasteiger partial charge >= 0.3 is 0 Å². The number of ether oxygens (including phenoxy) is 1. The first-order valence-corrected chi connectivity index (χ1v) is 7.95. The SMILES string of the molecule is C/C=C\C1OC=C(c2ccccc2)C(=O)C1/C=C/C=C\C=C\O.CO. The van der Waals surface area contributed by atoms with Crippen LogP contribution in [0.3, 0.4) is 0 Å². The van der Waals surface area contributed by atoms with E-state index in [1.807, 2.05) is 55.5 Å². The molecule has 4 heteroatoms. The zero-order valence-electron chi connectivity index (χ0n) is 14.4. The average Bonchev–Trinajstić information content (AvgIpc) is 2.66. The summed E-state index contributed by atoms with van der Waals surface area (Å²) in [5.41, 5.74) is 1.44. The van der Waals surface area contributed by atoms with Crippen LogP contribution in [0.4, 0.5) is 0 Å². The van der Waals surface area contributed by atoms with E-state index in [-0.39, 0.29) is 17.8 Å². The topological polar surface area (TPSA) is 66.8 Å². The molecule has 25 heavy (non-hydrogen) atoms. The van der Waals surface area contributed by atoms with Crippen LogP contribution in [0.2, 0.25) is 0 Å². The molecule has 1 heterocycles. The Labute approximate surface area is 148 Å². The summed E-state index contributed by atoms with van der Waals surface area (Å²) < 4.78 is 5.75. The van der Waals surface area contributed by atoms with Gasteiger partial charge in [-0.05, 0) is 24.6 Å². The van der Waals surface area contributed by atoms with Crippen molar-refractivity contribution in [1.29, 1.82) is 0 Å². The highest BCUT2D eigenvalue weighted by atomic mass is 16.5. The fraction of sp³-hybridized carbons (Fsp3) is 0.190. The second kappa shape index (κ2) is 11.6. The van der Waals surface area contributed by atoms with Crippen molar-refractivity contribution in [3.05, 3.63) is 91.0 Å². The fourth-order valence-electron chi connectivity index (χ4n) is 2.36. The third-order valence-corrected chi connectivity index (χ3v) is 3.47. The molecule has 2 N–H and O–H groups in total. The van der Waals surface area contributed by atoms with E-state index < -0.39 is 0 Å². The molecule has 4 nitrogen and oxygen atoms in total. The highest BCUT2D eigenvalue weighted by molar-refractivity contribution is 6.22. The Morgan fingerprint density at radius 1 is 1.00 bits per heavy atom. The van der Waals surface area contributed by atoms with Gasteiger partial charge in [0.25, 0.3) is 0 Å². The summed E-state index contributed by atoms with van der Waals surface area (Å²) >= 11 is 0. The Bertz CT molecular complexity index is 666. The Kier molecular flexibility index (Phi) is 9.41. The van der Waals surface area contributed by atoms with Crippen molar-refractivity contribution in [1.82, 2.24) is 0 Å². The molecule has 132 valence electrons. The number of Topliss-reactive ketones (excluding diaryl/α,β-unsaturated/α-hetero) is 1. The molecule has 2 atom stereocenters. The molecule has 1 aromatic carbocycles.